The molecular weight excluding hydrogens is 318 g/mol. The van der Waals surface area contributed by atoms with Crippen LogP contribution in [0.4, 0.5) is 4.79 Å². The highest BCUT2D eigenvalue weighted by Gasteiger charge is 2.05. The van der Waals surface area contributed by atoms with E-state index in [0.29, 0.717) is 31.7 Å². The molecular formula is C18H21N5O2. The zero-order valence-electron chi connectivity index (χ0n) is 13.9. The van der Waals surface area contributed by atoms with E-state index in [1.165, 1.54) is 14.6 Å². The summed E-state index contributed by atoms with van der Waals surface area (Å²) >= 11 is 0. The van der Waals surface area contributed by atoms with Crippen LogP contribution in [-0.2, 0) is 13.0 Å². The normalized spacial score (nSPS) is 10.7. The number of aromatic nitrogens is 3. The van der Waals surface area contributed by atoms with E-state index in [2.05, 4.69) is 15.7 Å². The van der Waals surface area contributed by atoms with E-state index in [9.17, 15) is 9.59 Å². The number of hydrogen-bond acceptors (Lipinski definition) is 3. The second-order valence-electron chi connectivity index (χ2n) is 5.71. The summed E-state index contributed by atoms with van der Waals surface area (Å²) in [5.74, 6) is 0. The first-order chi connectivity index (χ1) is 12.2. The van der Waals surface area contributed by atoms with Gasteiger partial charge in [0.05, 0.1) is 0 Å². The fourth-order valence-electron chi connectivity index (χ4n) is 2.57. The minimum Gasteiger partial charge on any atom is -0.338 e. The van der Waals surface area contributed by atoms with E-state index >= 15 is 0 Å². The third kappa shape index (κ3) is 4.47. The lowest BCUT2D eigenvalue weighted by atomic mass is 10.1. The molecule has 130 valence electrons. The molecule has 0 aliphatic heterocycles. The molecule has 2 heterocycles. The van der Waals surface area contributed by atoms with Crippen LogP contribution in [0.2, 0.25) is 0 Å². The molecule has 3 rings (SSSR count). The molecule has 0 atom stereocenters. The molecule has 0 aliphatic rings. The minimum absolute atomic E-state index is 0.164. The van der Waals surface area contributed by atoms with Crippen molar-refractivity contribution in [2.45, 2.75) is 19.4 Å². The van der Waals surface area contributed by atoms with E-state index < -0.39 is 0 Å². The van der Waals surface area contributed by atoms with Gasteiger partial charge in [0, 0.05) is 25.8 Å². The number of carbonyl (C=O) groups is 1. The van der Waals surface area contributed by atoms with Crippen LogP contribution in [0.5, 0.6) is 0 Å². The lowest BCUT2D eigenvalue weighted by Gasteiger charge is -2.07. The van der Waals surface area contributed by atoms with Crippen LogP contribution in [0.3, 0.4) is 0 Å². The average molecular weight is 339 g/mol. The standard InChI is InChI=1S/C18H21N5O2/c24-17(20-12-10-15-7-2-1-3-8-15)19-11-6-14-23-18(25)22-13-5-4-9-16(22)21-23/h1-5,7-9,13H,6,10-12,14H2,(H2,19,20,24). The minimum atomic E-state index is -0.196. The number of hydrogen-bond donors (Lipinski definition) is 2. The highest BCUT2D eigenvalue weighted by atomic mass is 16.2. The van der Waals surface area contributed by atoms with E-state index in [4.69, 9.17) is 0 Å². The van der Waals surface area contributed by atoms with Gasteiger partial charge < -0.3 is 10.6 Å². The van der Waals surface area contributed by atoms with Crippen molar-refractivity contribution in [2.75, 3.05) is 13.1 Å². The number of nitrogens with zero attached hydrogens (tertiary/aromatic N) is 3. The lowest BCUT2D eigenvalue weighted by molar-refractivity contribution is 0.240. The summed E-state index contributed by atoms with van der Waals surface area (Å²) in [7, 11) is 0. The maximum atomic E-state index is 12.1. The Labute approximate surface area is 145 Å². The topological polar surface area (TPSA) is 80.4 Å². The molecule has 7 nitrogen and oxygen atoms in total. The number of amides is 2. The predicted octanol–water partition coefficient (Wildman–Crippen LogP) is 1.43. The summed E-state index contributed by atoms with van der Waals surface area (Å²) < 4.78 is 2.92. The van der Waals surface area contributed by atoms with Gasteiger partial charge in [0.25, 0.3) is 0 Å². The van der Waals surface area contributed by atoms with Crippen molar-refractivity contribution < 1.29 is 4.79 Å². The van der Waals surface area contributed by atoms with Crippen LogP contribution in [-0.4, -0.2) is 33.3 Å². The summed E-state index contributed by atoms with van der Waals surface area (Å²) in [6, 6.07) is 15.2. The van der Waals surface area contributed by atoms with Crippen LogP contribution in [0, 0.1) is 0 Å². The molecule has 7 heteroatoms. The van der Waals surface area contributed by atoms with Gasteiger partial charge in [-0.05, 0) is 30.5 Å². The molecule has 0 fully saturated rings. The Bertz CT molecular complexity index is 885. The first-order valence-electron chi connectivity index (χ1n) is 8.34. The van der Waals surface area contributed by atoms with E-state index in [1.54, 1.807) is 18.3 Å². The third-order valence-corrected chi connectivity index (χ3v) is 3.86. The van der Waals surface area contributed by atoms with Crippen LogP contribution < -0.4 is 16.3 Å². The van der Waals surface area contributed by atoms with Gasteiger partial charge in [-0.2, -0.15) is 0 Å². The number of benzene rings is 1. The molecule has 0 aliphatic carbocycles. The van der Waals surface area contributed by atoms with Crippen LogP contribution in [0.25, 0.3) is 5.65 Å². The van der Waals surface area contributed by atoms with Crippen LogP contribution in [0.1, 0.15) is 12.0 Å². The van der Waals surface area contributed by atoms with Crippen molar-refractivity contribution in [3.05, 3.63) is 70.8 Å². The SMILES string of the molecule is O=C(NCCCn1nc2ccccn2c1=O)NCCc1ccccc1. The molecule has 2 N–H and O–H groups in total. The average Bonchev–Trinajstić information content (AvgIpc) is 2.96. The second kappa shape index (κ2) is 8.14. The van der Waals surface area contributed by atoms with Crippen LogP contribution >= 0.6 is 0 Å². The summed E-state index contributed by atoms with van der Waals surface area (Å²) in [6.07, 6.45) is 3.13. The molecule has 0 unspecified atom stereocenters. The van der Waals surface area contributed by atoms with Gasteiger partial charge >= 0.3 is 11.7 Å². The second-order valence-corrected chi connectivity index (χ2v) is 5.71. The number of fused-ring (bicyclic) bond motifs is 1. The highest BCUT2D eigenvalue weighted by molar-refractivity contribution is 5.73. The number of nitrogens with one attached hydrogen (secondary N) is 2. The Morgan fingerprint density at radius 1 is 1.00 bits per heavy atom. The van der Waals surface area contributed by atoms with Gasteiger partial charge in [-0.15, -0.1) is 5.10 Å². The van der Waals surface area contributed by atoms with Crippen LogP contribution in [0.15, 0.2) is 59.5 Å². The molecule has 0 bridgehead atoms. The molecule has 0 radical (unpaired) electrons. The van der Waals surface area contributed by atoms with Crippen molar-refractivity contribution in [3.8, 4) is 0 Å². The number of pyridine rings is 1. The largest absolute Gasteiger partial charge is 0.350 e. The fourth-order valence-corrected chi connectivity index (χ4v) is 2.57. The Morgan fingerprint density at radius 2 is 1.76 bits per heavy atom. The first kappa shape index (κ1) is 16.8. The number of urea groups is 1. The smallest absolute Gasteiger partial charge is 0.338 e. The zero-order valence-corrected chi connectivity index (χ0v) is 13.9. The van der Waals surface area contributed by atoms with Crippen molar-refractivity contribution in [1.82, 2.24) is 24.8 Å². The van der Waals surface area contributed by atoms with Gasteiger partial charge in [-0.3, -0.25) is 4.40 Å². The predicted molar refractivity (Wildman–Crippen MR) is 95.6 cm³/mol. The maximum Gasteiger partial charge on any atom is 0.350 e. The van der Waals surface area contributed by atoms with E-state index in [0.717, 1.165) is 6.42 Å². The Hall–Kier alpha value is -3.09. The quantitative estimate of drug-likeness (QED) is 0.639. The van der Waals surface area contributed by atoms with Gasteiger partial charge in [0.15, 0.2) is 5.65 Å². The Morgan fingerprint density at radius 3 is 2.56 bits per heavy atom. The van der Waals surface area contributed by atoms with E-state index in [1.807, 2.05) is 36.4 Å². The molecule has 0 saturated heterocycles. The molecule has 1 aromatic carbocycles. The van der Waals surface area contributed by atoms with E-state index in [-0.39, 0.29) is 11.7 Å². The monoisotopic (exact) mass is 339 g/mol. The van der Waals surface area contributed by atoms with Gasteiger partial charge in [0.1, 0.15) is 0 Å². The highest BCUT2D eigenvalue weighted by Crippen LogP contribution is 1.98. The summed E-state index contributed by atoms with van der Waals surface area (Å²) in [4.78, 5) is 23.8. The van der Waals surface area contributed by atoms with Crippen molar-refractivity contribution in [2.24, 2.45) is 0 Å². The van der Waals surface area contributed by atoms with Crippen molar-refractivity contribution >= 4 is 11.7 Å². The molecule has 0 spiro atoms. The first-order valence-corrected chi connectivity index (χ1v) is 8.34. The maximum absolute atomic E-state index is 12.1. The number of aryl methyl sites for hydroxylation is 1. The number of rotatable bonds is 7. The molecule has 0 saturated carbocycles. The zero-order chi connectivity index (χ0) is 17.5. The fraction of sp³-hybridized carbons (Fsp3) is 0.278. The Balaban J connectivity index is 1.37. The van der Waals surface area contributed by atoms with Crippen molar-refractivity contribution in [1.29, 1.82) is 0 Å². The number of carbonyl (C=O) groups excluding carboxylic acids is 1. The Kier molecular flexibility index (Phi) is 5.46. The summed E-state index contributed by atoms with van der Waals surface area (Å²) in [5.41, 5.74) is 1.65. The van der Waals surface area contributed by atoms with Gasteiger partial charge in [0.2, 0.25) is 0 Å². The molecule has 25 heavy (non-hydrogen) atoms. The molecule has 2 aromatic heterocycles. The summed E-state index contributed by atoms with van der Waals surface area (Å²) in [6.45, 7) is 1.53. The molecule has 2 amide bonds. The lowest BCUT2D eigenvalue weighted by Crippen LogP contribution is -2.37. The molecule has 3 aromatic rings. The van der Waals surface area contributed by atoms with Gasteiger partial charge in [-0.25, -0.2) is 14.3 Å². The van der Waals surface area contributed by atoms with Gasteiger partial charge in [-0.1, -0.05) is 36.4 Å². The summed E-state index contributed by atoms with van der Waals surface area (Å²) in [5, 5.41) is 9.87. The van der Waals surface area contributed by atoms with Crippen molar-refractivity contribution in [3.63, 3.8) is 0 Å². The third-order valence-electron chi connectivity index (χ3n) is 3.86.